The predicted molar refractivity (Wildman–Crippen MR) is 111 cm³/mol. The molecule has 3 aromatic heterocycles. The molecule has 29 heavy (non-hydrogen) atoms. The second kappa shape index (κ2) is 7.42. The van der Waals surface area contributed by atoms with Gasteiger partial charge in [0.05, 0.1) is 23.4 Å². The van der Waals surface area contributed by atoms with Crippen molar-refractivity contribution >= 4 is 33.3 Å². The van der Waals surface area contributed by atoms with Crippen LogP contribution in [0.15, 0.2) is 34.3 Å². The number of furan rings is 1. The van der Waals surface area contributed by atoms with Crippen LogP contribution in [0.5, 0.6) is 0 Å². The Morgan fingerprint density at radius 2 is 2.17 bits per heavy atom. The number of piperidine rings is 1. The van der Waals surface area contributed by atoms with Crippen molar-refractivity contribution in [3.63, 3.8) is 0 Å². The molecule has 152 valence electrons. The Balaban J connectivity index is 1.19. The molecular weight excluding hydrogens is 388 g/mol. The molecule has 0 aliphatic carbocycles. The van der Waals surface area contributed by atoms with E-state index in [1.807, 2.05) is 6.92 Å². The molecule has 0 aromatic carbocycles. The summed E-state index contributed by atoms with van der Waals surface area (Å²) in [4.78, 5) is 24.7. The third kappa shape index (κ3) is 3.62. The highest BCUT2D eigenvalue weighted by molar-refractivity contribution is 7.16. The molecule has 2 saturated heterocycles. The third-order valence-corrected chi connectivity index (χ3v) is 6.77. The van der Waals surface area contributed by atoms with Gasteiger partial charge >= 0.3 is 0 Å². The number of thiophene rings is 1. The van der Waals surface area contributed by atoms with Crippen molar-refractivity contribution in [1.82, 2.24) is 15.3 Å². The number of hydrogen-bond donors (Lipinski definition) is 1. The van der Waals surface area contributed by atoms with E-state index in [0.29, 0.717) is 12.3 Å². The normalized spacial score (nSPS) is 21.1. The molecule has 0 saturated carbocycles. The highest BCUT2D eigenvalue weighted by atomic mass is 32.1. The van der Waals surface area contributed by atoms with Crippen LogP contribution in [0, 0.1) is 6.92 Å². The van der Waals surface area contributed by atoms with Gasteiger partial charge in [-0.2, -0.15) is 0 Å². The molecule has 0 radical (unpaired) electrons. The maximum Gasteiger partial charge on any atom is 0.287 e. The Kier molecular flexibility index (Phi) is 4.75. The molecule has 1 spiro atoms. The zero-order valence-corrected chi connectivity index (χ0v) is 17.2. The van der Waals surface area contributed by atoms with Gasteiger partial charge in [0.1, 0.15) is 16.5 Å². The van der Waals surface area contributed by atoms with Gasteiger partial charge < -0.3 is 19.4 Å². The van der Waals surface area contributed by atoms with Crippen LogP contribution in [0.25, 0.3) is 10.2 Å². The summed E-state index contributed by atoms with van der Waals surface area (Å²) in [5.74, 6) is 2.02. The number of aryl methyl sites for hydroxylation is 1. The lowest BCUT2D eigenvalue weighted by atomic mass is 9.88. The Hall–Kier alpha value is -2.45. The van der Waals surface area contributed by atoms with Crippen LogP contribution in [0.4, 0.5) is 5.82 Å². The van der Waals surface area contributed by atoms with E-state index in [4.69, 9.17) is 14.1 Å². The van der Waals surface area contributed by atoms with Crippen LogP contribution in [-0.2, 0) is 4.74 Å². The average molecular weight is 413 g/mol. The van der Waals surface area contributed by atoms with Crippen LogP contribution < -0.4 is 10.2 Å². The van der Waals surface area contributed by atoms with Crippen molar-refractivity contribution in [2.75, 3.05) is 24.5 Å². The molecule has 1 amide bonds. The van der Waals surface area contributed by atoms with Crippen molar-refractivity contribution in [1.29, 1.82) is 0 Å². The maximum absolute atomic E-state index is 12.1. The summed E-state index contributed by atoms with van der Waals surface area (Å²) >= 11 is 1.66. The molecule has 5 rings (SSSR count). The van der Waals surface area contributed by atoms with Crippen molar-refractivity contribution in [2.45, 2.75) is 44.3 Å². The van der Waals surface area contributed by atoms with E-state index in [9.17, 15) is 4.79 Å². The largest absolute Gasteiger partial charge is 0.459 e. The number of fused-ring (bicyclic) bond motifs is 1. The standard InChI is InChI=1S/C21H24N4O3S/c1-14-23-18(16-5-12-29-20(16)24-14)25-9-7-21(8-10-25)6-4-15(28-21)13-22-19(26)17-3-2-11-27-17/h2-3,5,11-12,15H,4,6-10,13H2,1H3,(H,22,26). The van der Waals surface area contributed by atoms with Crippen LogP contribution in [0.3, 0.4) is 0 Å². The number of nitrogens with zero attached hydrogens (tertiary/aromatic N) is 3. The number of carbonyl (C=O) groups excluding carboxylic acids is 1. The molecule has 2 aliphatic heterocycles. The number of aromatic nitrogens is 2. The lowest BCUT2D eigenvalue weighted by Gasteiger charge is -2.40. The Bertz CT molecular complexity index is 1010. The molecule has 2 fully saturated rings. The molecule has 5 heterocycles. The van der Waals surface area contributed by atoms with Gasteiger partial charge in [0.2, 0.25) is 0 Å². The van der Waals surface area contributed by atoms with Crippen LogP contribution in [0.2, 0.25) is 0 Å². The van der Waals surface area contributed by atoms with Crippen molar-refractivity contribution in [3.05, 3.63) is 41.4 Å². The van der Waals surface area contributed by atoms with Gasteiger partial charge in [0.25, 0.3) is 5.91 Å². The highest BCUT2D eigenvalue weighted by Gasteiger charge is 2.42. The summed E-state index contributed by atoms with van der Waals surface area (Å²) in [7, 11) is 0. The summed E-state index contributed by atoms with van der Waals surface area (Å²) in [6.45, 7) is 4.32. The van der Waals surface area contributed by atoms with Gasteiger partial charge in [-0.3, -0.25) is 4.79 Å². The fourth-order valence-corrected chi connectivity index (χ4v) is 5.22. The van der Waals surface area contributed by atoms with Crippen LogP contribution >= 0.6 is 11.3 Å². The second-order valence-electron chi connectivity index (χ2n) is 7.87. The van der Waals surface area contributed by atoms with Gasteiger partial charge in [-0.25, -0.2) is 9.97 Å². The number of anilines is 1. The number of carbonyl (C=O) groups is 1. The van der Waals surface area contributed by atoms with E-state index >= 15 is 0 Å². The zero-order valence-electron chi connectivity index (χ0n) is 16.4. The molecule has 7 nitrogen and oxygen atoms in total. The first-order valence-electron chi connectivity index (χ1n) is 10.1. The van der Waals surface area contributed by atoms with Crippen molar-refractivity contribution in [2.24, 2.45) is 0 Å². The fourth-order valence-electron chi connectivity index (χ4n) is 4.42. The van der Waals surface area contributed by atoms with E-state index in [2.05, 4.69) is 26.6 Å². The number of hydrogen-bond acceptors (Lipinski definition) is 7. The van der Waals surface area contributed by atoms with E-state index in [0.717, 1.165) is 60.6 Å². The fraction of sp³-hybridized carbons (Fsp3) is 0.476. The SMILES string of the molecule is Cc1nc(N2CCC3(CCC(CNC(=O)c4ccco4)O3)CC2)c2ccsc2n1. The Morgan fingerprint density at radius 3 is 2.97 bits per heavy atom. The van der Waals surface area contributed by atoms with Crippen LogP contribution in [-0.4, -0.2) is 47.2 Å². The first-order chi connectivity index (χ1) is 14.1. The van der Waals surface area contributed by atoms with Crippen LogP contribution in [0.1, 0.15) is 42.1 Å². The molecular formula is C21H24N4O3S. The molecule has 3 aromatic rings. The minimum Gasteiger partial charge on any atom is -0.459 e. The quantitative estimate of drug-likeness (QED) is 0.706. The lowest BCUT2D eigenvalue weighted by Crippen LogP contribution is -2.45. The van der Waals surface area contributed by atoms with E-state index in [1.165, 1.54) is 6.26 Å². The van der Waals surface area contributed by atoms with Gasteiger partial charge in [-0.15, -0.1) is 11.3 Å². The minimum absolute atomic E-state index is 0.0605. The Labute approximate surface area is 173 Å². The summed E-state index contributed by atoms with van der Waals surface area (Å²) in [5.41, 5.74) is -0.0770. The first-order valence-corrected chi connectivity index (χ1v) is 11.0. The summed E-state index contributed by atoms with van der Waals surface area (Å²) in [5, 5.41) is 6.14. The lowest BCUT2D eigenvalue weighted by molar-refractivity contribution is -0.0542. The molecule has 0 bridgehead atoms. The number of ether oxygens (including phenoxy) is 1. The number of rotatable bonds is 4. The average Bonchev–Trinajstić information content (AvgIpc) is 3.47. The molecule has 8 heteroatoms. The van der Waals surface area contributed by atoms with Crippen molar-refractivity contribution < 1.29 is 13.9 Å². The highest BCUT2D eigenvalue weighted by Crippen LogP contribution is 2.40. The number of nitrogens with one attached hydrogen (secondary N) is 1. The smallest absolute Gasteiger partial charge is 0.287 e. The Morgan fingerprint density at radius 1 is 1.31 bits per heavy atom. The predicted octanol–water partition coefficient (Wildman–Crippen LogP) is 3.54. The summed E-state index contributed by atoms with van der Waals surface area (Å²) in [6.07, 6.45) is 5.53. The third-order valence-electron chi connectivity index (χ3n) is 5.96. The monoisotopic (exact) mass is 412 g/mol. The van der Waals surface area contributed by atoms with Gasteiger partial charge in [-0.1, -0.05) is 0 Å². The second-order valence-corrected chi connectivity index (χ2v) is 8.76. The van der Waals surface area contributed by atoms with E-state index in [-0.39, 0.29) is 17.6 Å². The van der Waals surface area contributed by atoms with Gasteiger partial charge in [-0.05, 0) is 56.2 Å². The molecule has 1 atom stereocenters. The van der Waals surface area contributed by atoms with E-state index in [1.54, 1.807) is 23.5 Å². The maximum atomic E-state index is 12.1. The number of amides is 1. The first kappa shape index (κ1) is 18.6. The van der Waals surface area contributed by atoms with Crippen molar-refractivity contribution in [3.8, 4) is 0 Å². The topological polar surface area (TPSA) is 80.5 Å². The van der Waals surface area contributed by atoms with E-state index < -0.39 is 0 Å². The molecule has 1 unspecified atom stereocenters. The van der Waals surface area contributed by atoms with Gasteiger partial charge in [0, 0.05) is 19.6 Å². The molecule has 2 aliphatic rings. The minimum atomic E-state index is -0.187. The zero-order chi connectivity index (χ0) is 19.8. The molecule has 1 N–H and O–H groups in total. The summed E-state index contributed by atoms with van der Waals surface area (Å²) < 4.78 is 11.6. The van der Waals surface area contributed by atoms with Gasteiger partial charge in [0.15, 0.2) is 5.76 Å². The summed E-state index contributed by atoms with van der Waals surface area (Å²) in [6, 6.07) is 5.50.